The van der Waals surface area contributed by atoms with Crippen LogP contribution in [-0.2, 0) is 0 Å². The number of thioether (sulfide) groups is 2. The fourth-order valence-corrected chi connectivity index (χ4v) is 7.30. The van der Waals surface area contributed by atoms with Gasteiger partial charge in [-0.05, 0) is 66.4 Å². The van der Waals surface area contributed by atoms with E-state index in [-0.39, 0.29) is 27.8 Å². The van der Waals surface area contributed by atoms with Crippen molar-refractivity contribution in [2.45, 2.75) is 44.6 Å². The first-order chi connectivity index (χ1) is 11.2. The van der Waals surface area contributed by atoms with Crippen molar-refractivity contribution < 1.29 is 9.50 Å². The first kappa shape index (κ1) is 19.9. The van der Waals surface area contributed by atoms with Crippen LogP contribution in [-0.4, -0.2) is 27.3 Å². The molecule has 1 nitrogen and oxygen atoms in total. The predicted molar refractivity (Wildman–Crippen MR) is 107 cm³/mol. The molecule has 2 aliphatic rings. The molecule has 0 saturated carbocycles. The van der Waals surface area contributed by atoms with Gasteiger partial charge in [0.1, 0.15) is 5.83 Å². The summed E-state index contributed by atoms with van der Waals surface area (Å²) in [6.45, 7) is 12.2. The normalized spacial score (nSPS) is 27.1. The molecule has 134 valence electrons. The van der Waals surface area contributed by atoms with E-state index in [9.17, 15) is 9.50 Å². The SMILES string of the molecule is C=C(/C=C(C)\C(F)=C/C)C1=CC2(CC(C)(C)C1CO)SCCCS2. The van der Waals surface area contributed by atoms with Gasteiger partial charge in [-0.1, -0.05) is 32.6 Å². The third kappa shape index (κ3) is 4.20. The Bertz CT molecular complexity index is 580. The van der Waals surface area contributed by atoms with E-state index < -0.39 is 0 Å². The Balaban J connectivity index is 2.43. The molecule has 1 atom stereocenters. The third-order valence-corrected chi connectivity index (χ3v) is 8.15. The van der Waals surface area contributed by atoms with Gasteiger partial charge in [-0.3, -0.25) is 0 Å². The van der Waals surface area contributed by atoms with Crippen molar-refractivity contribution in [3.05, 3.63) is 47.4 Å². The summed E-state index contributed by atoms with van der Waals surface area (Å²) in [5, 5.41) is 10.0. The van der Waals surface area contributed by atoms with Crippen LogP contribution in [0.3, 0.4) is 0 Å². The molecule has 0 radical (unpaired) electrons. The fraction of sp³-hybridized carbons (Fsp3) is 0.600. The molecule has 1 aliphatic heterocycles. The molecule has 1 unspecified atom stereocenters. The predicted octanol–water partition coefficient (Wildman–Crippen LogP) is 5.89. The Hall–Kier alpha value is -0.450. The Morgan fingerprint density at radius 1 is 1.42 bits per heavy atom. The van der Waals surface area contributed by atoms with E-state index in [1.807, 2.05) is 29.6 Å². The molecule has 1 N–H and O–H groups in total. The summed E-state index contributed by atoms with van der Waals surface area (Å²) < 4.78 is 13.9. The zero-order valence-corrected chi connectivity index (χ0v) is 16.8. The van der Waals surface area contributed by atoms with E-state index in [4.69, 9.17) is 0 Å². The van der Waals surface area contributed by atoms with Gasteiger partial charge in [-0.15, -0.1) is 23.5 Å². The lowest BCUT2D eigenvalue weighted by Crippen LogP contribution is -2.41. The number of rotatable bonds is 4. The molecule has 0 aromatic rings. The molecule has 0 bridgehead atoms. The molecule has 2 rings (SSSR count). The maximum atomic E-state index is 13.8. The van der Waals surface area contributed by atoms with Crippen molar-refractivity contribution in [1.29, 1.82) is 0 Å². The van der Waals surface area contributed by atoms with E-state index in [0.29, 0.717) is 5.57 Å². The molecule has 1 fully saturated rings. The van der Waals surface area contributed by atoms with Crippen molar-refractivity contribution in [2.24, 2.45) is 11.3 Å². The zero-order chi connectivity index (χ0) is 18.0. The number of aliphatic hydroxyl groups is 1. The number of aliphatic hydroxyl groups excluding tert-OH is 1. The average molecular weight is 369 g/mol. The third-order valence-electron chi connectivity index (χ3n) is 4.95. The smallest absolute Gasteiger partial charge is 0.121 e. The highest BCUT2D eigenvalue weighted by atomic mass is 32.2. The van der Waals surface area contributed by atoms with Gasteiger partial charge < -0.3 is 5.11 Å². The van der Waals surface area contributed by atoms with Crippen molar-refractivity contribution in [2.75, 3.05) is 18.1 Å². The summed E-state index contributed by atoms with van der Waals surface area (Å²) >= 11 is 4.02. The first-order valence-electron chi connectivity index (χ1n) is 8.56. The lowest BCUT2D eigenvalue weighted by atomic mass is 9.66. The highest BCUT2D eigenvalue weighted by Gasteiger charge is 2.46. The fourth-order valence-electron chi connectivity index (χ4n) is 3.65. The molecule has 0 aromatic carbocycles. The summed E-state index contributed by atoms with van der Waals surface area (Å²) in [4.78, 5) is 0. The molecule has 1 spiro atoms. The van der Waals surface area contributed by atoms with Crippen LogP contribution in [0.15, 0.2) is 47.4 Å². The van der Waals surface area contributed by atoms with Gasteiger partial charge in [0.15, 0.2) is 0 Å². The lowest BCUT2D eigenvalue weighted by molar-refractivity contribution is 0.129. The van der Waals surface area contributed by atoms with Gasteiger partial charge in [0.2, 0.25) is 0 Å². The van der Waals surface area contributed by atoms with Gasteiger partial charge in [-0.2, -0.15) is 0 Å². The second kappa shape index (κ2) is 7.84. The summed E-state index contributed by atoms with van der Waals surface area (Å²) in [5.74, 6) is 2.16. The van der Waals surface area contributed by atoms with Crippen molar-refractivity contribution in [1.82, 2.24) is 0 Å². The minimum absolute atomic E-state index is 0.0139. The number of hydrogen-bond donors (Lipinski definition) is 1. The van der Waals surface area contributed by atoms with Crippen LogP contribution in [0.4, 0.5) is 4.39 Å². The second-order valence-electron chi connectivity index (χ2n) is 7.35. The standard InChI is InChI=1S/C20H29FOS2/c1-6-18(21)15(3)10-14(2)16-11-20(23-8-7-9-24-20)13-19(4,5)17(16)12-22/h6,10-11,17,22H,2,7-9,12-13H2,1,3-5H3/b15-10-,18-6+. The van der Waals surface area contributed by atoms with Gasteiger partial charge in [0, 0.05) is 5.92 Å². The Labute approximate surface area is 154 Å². The first-order valence-corrected chi connectivity index (χ1v) is 10.5. The molecule has 0 amide bonds. The molecular weight excluding hydrogens is 339 g/mol. The topological polar surface area (TPSA) is 20.2 Å². The quantitative estimate of drug-likeness (QED) is 0.625. The minimum atomic E-state index is -0.219. The van der Waals surface area contributed by atoms with Gasteiger partial charge in [0.05, 0.1) is 10.7 Å². The molecule has 1 heterocycles. The van der Waals surface area contributed by atoms with Crippen LogP contribution in [0.25, 0.3) is 0 Å². The molecule has 4 heteroatoms. The highest BCUT2D eigenvalue weighted by Crippen LogP contribution is 2.57. The Morgan fingerprint density at radius 2 is 2.04 bits per heavy atom. The summed E-state index contributed by atoms with van der Waals surface area (Å²) in [6, 6.07) is 0. The van der Waals surface area contributed by atoms with E-state index in [2.05, 4.69) is 26.5 Å². The van der Waals surface area contributed by atoms with Crippen LogP contribution >= 0.6 is 23.5 Å². The maximum Gasteiger partial charge on any atom is 0.121 e. The zero-order valence-electron chi connectivity index (χ0n) is 15.2. The van der Waals surface area contributed by atoms with Crippen LogP contribution < -0.4 is 0 Å². The van der Waals surface area contributed by atoms with Gasteiger partial charge in [-0.25, -0.2) is 4.39 Å². The summed E-state index contributed by atoms with van der Waals surface area (Å²) in [5.41, 5.74) is 2.47. The lowest BCUT2D eigenvalue weighted by Gasteiger charge is -2.48. The second-order valence-corrected chi connectivity index (χ2v) is 10.5. The largest absolute Gasteiger partial charge is 0.396 e. The van der Waals surface area contributed by atoms with Crippen molar-refractivity contribution >= 4 is 23.5 Å². The molecule has 1 aliphatic carbocycles. The van der Waals surface area contributed by atoms with Crippen LogP contribution in [0.5, 0.6) is 0 Å². The molecular formula is C20H29FOS2. The van der Waals surface area contributed by atoms with Crippen LogP contribution in [0.1, 0.15) is 40.5 Å². The number of allylic oxidation sites excluding steroid dienone is 5. The maximum absolute atomic E-state index is 13.8. The van der Waals surface area contributed by atoms with E-state index >= 15 is 0 Å². The molecule has 24 heavy (non-hydrogen) atoms. The van der Waals surface area contributed by atoms with E-state index in [1.165, 1.54) is 24.0 Å². The monoisotopic (exact) mass is 368 g/mol. The number of halogens is 1. The minimum Gasteiger partial charge on any atom is -0.396 e. The van der Waals surface area contributed by atoms with Crippen molar-refractivity contribution in [3.63, 3.8) is 0 Å². The Kier molecular flexibility index (Phi) is 6.49. The van der Waals surface area contributed by atoms with Crippen LogP contribution in [0, 0.1) is 11.3 Å². The molecule has 0 aromatic heterocycles. The summed E-state index contributed by atoms with van der Waals surface area (Å²) in [7, 11) is 0. The van der Waals surface area contributed by atoms with E-state index in [0.717, 1.165) is 17.6 Å². The van der Waals surface area contributed by atoms with E-state index in [1.54, 1.807) is 13.8 Å². The molecule has 1 saturated heterocycles. The Morgan fingerprint density at radius 3 is 2.58 bits per heavy atom. The van der Waals surface area contributed by atoms with Crippen molar-refractivity contribution in [3.8, 4) is 0 Å². The average Bonchev–Trinajstić information content (AvgIpc) is 2.53. The van der Waals surface area contributed by atoms with Crippen LogP contribution in [0.2, 0.25) is 0 Å². The highest BCUT2D eigenvalue weighted by molar-refractivity contribution is 8.19. The van der Waals surface area contributed by atoms with Gasteiger partial charge >= 0.3 is 0 Å². The number of hydrogen-bond acceptors (Lipinski definition) is 3. The summed E-state index contributed by atoms with van der Waals surface area (Å²) in [6.07, 6.45) is 7.89. The van der Waals surface area contributed by atoms with Gasteiger partial charge in [0.25, 0.3) is 0 Å².